The fourth-order valence-electron chi connectivity index (χ4n) is 2.12. The van der Waals surface area contributed by atoms with Gasteiger partial charge in [-0.1, -0.05) is 23.7 Å². The second-order valence-electron chi connectivity index (χ2n) is 5.18. The van der Waals surface area contributed by atoms with Gasteiger partial charge >= 0.3 is 0 Å². The van der Waals surface area contributed by atoms with E-state index in [1.165, 1.54) is 6.20 Å². The molecule has 8 heteroatoms. The number of rotatable bonds is 4. The molecule has 4 N–H and O–H groups in total. The molecule has 0 radical (unpaired) electrons. The van der Waals surface area contributed by atoms with Gasteiger partial charge in [-0.15, -0.1) is 0 Å². The van der Waals surface area contributed by atoms with E-state index in [0.29, 0.717) is 11.4 Å². The highest BCUT2D eigenvalue weighted by Gasteiger charge is 2.15. The zero-order chi connectivity index (χ0) is 18.0. The van der Waals surface area contributed by atoms with Crippen molar-refractivity contribution in [2.24, 2.45) is 0 Å². The van der Waals surface area contributed by atoms with Gasteiger partial charge in [0.25, 0.3) is 5.88 Å². The molecule has 0 aliphatic rings. The number of nitrogen functional groups attached to an aromatic ring is 2. The summed E-state index contributed by atoms with van der Waals surface area (Å²) in [6.07, 6.45) is 1.48. The van der Waals surface area contributed by atoms with E-state index in [9.17, 15) is 8.78 Å². The highest BCUT2D eigenvalue weighted by Crippen LogP contribution is 2.27. The summed E-state index contributed by atoms with van der Waals surface area (Å²) in [5.74, 6) is -1.41. The van der Waals surface area contributed by atoms with Gasteiger partial charge in [-0.05, 0) is 24.3 Å². The zero-order valence-electron chi connectivity index (χ0n) is 12.8. The van der Waals surface area contributed by atoms with Crippen molar-refractivity contribution in [1.82, 2.24) is 9.97 Å². The minimum absolute atomic E-state index is 0.00551. The van der Waals surface area contributed by atoms with E-state index in [2.05, 4.69) is 9.97 Å². The van der Waals surface area contributed by atoms with Gasteiger partial charge in [-0.25, -0.2) is 18.7 Å². The summed E-state index contributed by atoms with van der Waals surface area (Å²) in [5, 5.41) is -0.346. The molecule has 0 spiro atoms. The topological polar surface area (TPSA) is 87.0 Å². The van der Waals surface area contributed by atoms with Crippen molar-refractivity contribution in [3.8, 4) is 17.1 Å². The first kappa shape index (κ1) is 16.9. The van der Waals surface area contributed by atoms with Crippen LogP contribution in [0.25, 0.3) is 11.3 Å². The van der Waals surface area contributed by atoms with Crippen molar-refractivity contribution < 1.29 is 13.5 Å². The van der Waals surface area contributed by atoms with Gasteiger partial charge in [-0.2, -0.15) is 0 Å². The molecule has 3 rings (SSSR count). The van der Waals surface area contributed by atoms with Crippen LogP contribution in [0.4, 0.5) is 20.3 Å². The minimum Gasteiger partial charge on any atom is -0.470 e. The van der Waals surface area contributed by atoms with Crippen molar-refractivity contribution in [3.05, 3.63) is 64.8 Å². The summed E-state index contributed by atoms with van der Waals surface area (Å²) < 4.78 is 32.7. The maximum atomic E-state index is 13.8. The van der Waals surface area contributed by atoms with Crippen molar-refractivity contribution in [2.75, 3.05) is 11.5 Å². The molecule has 0 saturated carbocycles. The van der Waals surface area contributed by atoms with Crippen LogP contribution in [0.15, 0.2) is 42.6 Å². The van der Waals surface area contributed by atoms with Gasteiger partial charge in [0.05, 0.1) is 16.9 Å². The average molecular weight is 363 g/mol. The van der Waals surface area contributed by atoms with E-state index in [1.54, 1.807) is 24.3 Å². The Hall–Kier alpha value is -2.93. The molecule has 0 aliphatic carbocycles. The smallest absolute Gasteiger partial charge is 0.258 e. The number of nitrogens with two attached hydrogens (primary N) is 2. The second kappa shape index (κ2) is 6.90. The number of halogens is 3. The first-order valence-corrected chi connectivity index (χ1v) is 7.57. The molecule has 0 atom stereocenters. The molecular weight excluding hydrogens is 350 g/mol. The molecule has 3 aromatic rings. The fraction of sp³-hybridized carbons (Fsp3) is 0.0588. The first-order chi connectivity index (χ1) is 12.0. The fourth-order valence-corrected chi connectivity index (χ4v) is 2.33. The highest BCUT2D eigenvalue weighted by atomic mass is 35.5. The molecule has 1 aromatic heterocycles. The molecule has 128 valence electrons. The van der Waals surface area contributed by atoms with Gasteiger partial charge in [0.15, 0.2) is 5.82 Å². The summed E-state index contributed by atoms with van der Waals surface area (Å²) in [6.45, 7) is -0.341. The maximum absolute atomic E-state index is 13.8. The predicted octanol–water partition coefficient (Wildman–Crippen LogP) is 3.82. The third-order valence-corrected chi connectivity index (χ3v) is 3.87. The summed E-state index contributed by atoms with van der Waals surface area (Å²) >= 11 is 5.77. The Balaban J connectivity index is 1.87. The highest BCUT2D eigenvalue weighted by molar-refractivity contribution is 6.31. The van der Waals surface area contributed by atoms with E-state index in [-0.39, 0.29) is 28.9 Å². The van der Waals surface area contributed by atoms with Crippen LogP contribution >= 0.6 is 11.6 Å². The Labute approximate surface area is 147 Å². The van der Waals surface area contributed by atoms with Crippen molar-refractivity contribution >= 4 is 23.1 Å². The van der Waals surface area contributed by atoms with Crippen LogP contribution < -0.4 is 16.2 Å². The number of aromatic nitrogens is 2. The van der Waals surface area contributed by atoms with Crippen LogP contribution in [-0.4, -0.2) is 9.97 Å². The van der Waals surface area contributed by atoms with E-state index in [0.717, 1.165) is 17.7 Å². The molecule has 5 nitrogen and oxygen atoms in total. The van der Waals surface area contributed by atoms with Crippen molar-refractivity contribution in [3.63, 3.8) is 0 Å². The Kier molecular flexibility index (Phi) is 4.67. The van der Waals surface area contributed by atoms with Gasteiger partial charge in [-0.3, -0.25) is 0 Å². The lowest BCUT2D eigenvalue weighted by Gasteiger charge is -2.11. The Morgan fingerprint density at radius 3 is 2.40 bits per heavy atom. The third-order valence-electron chi connectivity index (χ3n) is 3.47. The third kappa shape index (κ3) is 3.61. The second-order valence-corrected chi connectivity index (χ2v) is 5.56. The lowest BCUT2D eigenvalue weighted by molar-refractivity contribution is 0.288. The van der Waals surface area contributed by atoms with Crippen molar-refractivity contribution in [2.45, 2.75) is 6.61 Å². The van der Waals surface area contributed by atoms with Crippen LogP contribution in [0.1, 0.15) is 5.56 Å². The number of benzene rings is 2. The molecule has 25 heavy (non-hydrogen) atoms. The Morgan fingerprint density at radius 1 is 1.00 bits per heavy atom. The van der Waals surface area contributed by atoms with Crippen LogP contribution in [-0.2, 0) is 6.61 Å². The SMILES string of the molecule is Nc1ccc(-c2cnc(N)c(OCc3c(F)ccc(F)c3Cl)n2)cc1. The average Bonchev–Trinajstić information content (AvgIpc) is 2.60. The van der Waals surface area contributed by atoms with Crippen LogP contribution in [0.3, 0.4) is 0 Å². The number of hydrogen-bond acceptors (Lipinski definition) is 5. The van der Waals surface area contributed by atoms with E-state index >= 15 is 0 Å². The molecule has 0 bridgehead atoms. The molecule has 0 amide bonds. The molecular formula is C17H13ClF2N4O. The quantitative estimate of drug-likeness (QED) is 0.544. The number of ether oxygens (including phenoxy) is 1. The molecule has 0 fully saturated rings. The summed E-state index contributed by atoms with van der Waals surface area (Å²) in [6, 6.07) is 8.88. The molecule has 0 saturated heterocycles. The van der Waals surface area contributed by atoms with Gasteiger partial charge in [0.1, 0.15) is 18.2 Å². The maximum Gasteiger partial charge on any atom is 0.258 e. The van der Waals surface area contributed by atoms with E-state index < -0.39 is 11.6 Å². The Morgan fingerprint density at radius 2 is 1.68 bits per heavy atom. The largest absolute Gasteiger partial charge is 0.470 e. The lowest BCUT2D eigenvalue weighted by Crippen LogP contribution is -2.06. The van der Waals surface area contributed by atoms with Crippen LogP contribution in [0.5, 0.6) is 5.88 Å². The normalized spacial score (nSPS) is 10.7. The lowest BCUT2D eigenvalue weighted by atomic mass is 10.1. The molecule has 2 aromatic carbocycles. The van der Waals surface area contributed by atoms with Crippen molar-refractivity contribution in [1.29, 1.82) is 0 Å². The van der Waals surface area contributed by atoms with E-state index in [4.69, 9.17) is 27.8 Å². The zero-order valence-corrected chi connectivity index (χ0v) is 13.6. The van der Waals surface area contributed by atoms with Gasteiger partial charge in [0, 0.05) is 16.8 Å². The Bertz CT molecular complexity index is 919. The van der Waals surface area contributed by atoms with Gasteiger partial charge < -0.3 is 16.2 Å². The number of nitrogens with zero attached hydrogens (tertiary/aromatic N) is 2. The standard InChI is InChI=1S/C17H13ClF2N4O/c18-15-11(12(19)5-6-13(15)20)8-25-17-16(22)23-7-14(24-17)9-1-3-10(21)4-2-9/h1-7H,8,21H2,(H2,22,23). The monoisotopic (exact) mass is 362 g/mol. The molecule has 0 unspecified atom stereocenters. The minimum atomic E-state index is -0.739. The number of anilines is 2. The molecule has 0 aliphatic heterocycles. The van der Waals surface area contributed by atoms with Gasteiger partial charge in [0.2, 0.25) is 0 Å². The van der Waals surface area contributed by atoms with Crippen LogP contribution in [0.2, 0.25) is 5.02 Å². The number of hydrogen-bond donors (Lipinski definition) is 2. The summed E-state index contributed by atoms with van der Waals surface area (Å²) in [5.41, 5.74) is 13.1. The first-order valence-electron chi connectivity index (χ1n) is 7.19. The molecule has 1 heterocycles. The predicted molar refractivity (Wildman–Crippen MR) is 92.0 cm³/mol. The van der Waals surface area contributed by atoms with Crippen LogP contribution in [0, 0.1) is 11.6 Å². The summed E-state index contributed by atoms with van der Waals surface area (Å²) in [4.78, 5) is 8.27. The van der Waals surface area contributed by atoms with E-state index in [1.807, 2.05) is 0 Å². The summed E-state index contributed by atoms with van der Waals surface area (Å²) in [7, 11) is 0.